The second-order valence-electron chi connectivity index (χ2n) is 4.15. The van der Waals surface area contributed by atoms with Crippen LogP contribution in [0.5, 0.6) is 0 Å². The maximum atomic E-state index is 4.66. The molecule has 1 aromatic carbocycles. The average molecular weight is 200 g/mol. The third-order valence-corrected chi connectivity index (χ3v) is 2.95. The van der Waals surface area contributed by atoms with Crippen LogP contribution < -0.4 is 15.8 Å². The van der Waals surface area contributed by atoms with Gasteiger partial charge in [-0.15, -0.1) is 0 Å². The molecule has 79 valence electrons. The Kier molecular flexibility index (Phi) is 3.10. The van der Waals surface area contributed by atoms with E-state index < -0.39 is 0 Å². The van der Waals surface area contributed by atoms with Gasteiger partial charge >= 0.3 is 0 Å². The summed E-state index contributed by atoms with van der Waals surface area (Å²) in [7, 11) is 0. The van der Waals surface area contributed by atoms with Gasteiger partial charge in [-0.1, -0.05) is 44.0 Å². The molecule has 0 bridgehead atoms. The normalized spacial score (nSPS) is 14.0. The third kappa shape index (κ3) is 2.06. The molecule has 0 amide bonds. The highest BCUT2D eigenvalue weighted by molar-refractivity contribution is 5.62. The van der Waals surface area contributed by atoms with Crippen LogP contribution in [0, 0.1) is 0 Å². The number of hydrogen-bond donors (Lipinski definition) is 0. The van der Waals surface area contributed by atoms with E-state index in [0.29, 0.717) is 0 Å². The predicted octanol–water partition coefficient (Wildman–Crippen LogP) is 2.12. The van der Waals surface area contributed by atoms with Gasteiger partial charge in [-0.3, -0.25) is 5.32 Å². The first-order valence-corrected chi connectivity index (χ1v) is 5.84. The SMILES string of the molecule is CCCCCC1=c2ccccc2=C(C)[N]1. The Bertz CT molecular complexity index is 456. The molecule has 2 rings (SSSR count). The monoisotopic (exact) mass is 200 g/mol. The lowest BCUT2D eigenvalue weighted by atomic mass is 10.1. The number of benzene rings is 1. The van der Waals surface area contributed by atoms with Crippen LogP contribution in [0.15, 0.2) is 24.3 Å². The molecule has 1 radical (unpaired) electrons. The zero-order chi connectivity index (χ0) is 10.7. The fourth-order valence-electron chi connectivity index (χ4n) is 2.11. The minimum Gasteiger partial charge on any atom is -0.257 e. The summed E-state index contributed by atoms with van der Waals surface area (Å²) < 4.78 is 0. The Morgan fingerprint density at radius 3 is 2.53 bits per heavy atom. The first kappa shape index (κ1) is 10.3. The van der Waals surface area contributed by atoms with Crippen molar-refractivity contribution in [3.05, 3.63) is 34.7 Å². The number of nitrogens with zero attached hydrogens (tertiary/aromatic N) is 1. The van der Waals surface area contributed by atoms with Gasteiger partial charge in [0.2, 0.25) is 0 Å². The van der Waals surface area contributed by atoms with Gasteiger partial charge in [0.1, 0.15) is 0 Å². The summed E-state index contributed by atoms with van der Waals surface area (Å²) >= 11 is 0. The number of rotatable bonds is 4. The van der Waals surface area contributed by atoms with Crippen molar-refractivity contribution in [3.8, 4) is 0 Å². The largest absolute Gasteiger partial charge is 0.257 e. The fraction of sp³-hybridized carbons (Fsp3) is 0.429. The van der Waals surface area contributed by atoms with Gasteiger partial charge in [0.05, 0.1) is 0 Å². The standard InChI is InChI=1S/C14H18N/c1-3-4-5-10-14-13-9-7-6-8-12(13)11(2)15-14/h6-9H,3-5,10H2,1-2H3. The lowest BCUT2D eigenvalue weighted by Crippen LogP contribution is -2.22. The van der Waals surface area contributed by atoms with Gasteiger partial charge in [-0.25, -0.2) is 0 Å². The number of hydrogen-bond acceptors (Lipinski definition) is 0. The van der Waals surface area contributed by atoms with E-state index in [2.05, 4.69) is 43.4 Å². The molecule has 0 unspecified atom stereocenters. The summed E-state index contributed by atoms with van der Waals surface area (Å²) in [5.74, 6) is 0. The minimum atomic E-state index is 1.13. The first-order chi connectivity index (χ1) is 7.33. The molecule has 1 nitrogen and oxygen atoms in total. The molecule has 1 aliphatic heterocycles. The zero-order valence-corrected chi connectivity index (χ0v) is 9.59. The molecule has 0 atom stereocenters. The van der Waals surface area contributed by atoms with Gasteiger partial charge in [-0.2, -0.15) is 0 Å². The van der Waals surface area contributed by atoms with Crippen LogP contribution in [0.25, 0.3) is 11.4 Å². The van der Waals surface area contributed by atoms with Crippen LogP contribution in [-0.4, -0.2) is 0 Å². The Morgan fingerprint density at radius 2 is 1.80 bits per heavy atom. The maximum absolute atomic E-state index is 4.66. The molecule has 0 saturated carbocycles. The second kappa shape index (κ2) is 4.52. The molecule has 1 aromatic rings. The van der Waals surface area contributed by atoms with Crippen molar-refractivity contribution in [2.24, 2.45) is 0 Å². The average Bonchev–Trinajstić information content (AvgIpc) is 2.58. The molecule has 15 heavy (non-hydrogen) atoms. The highest BCUT2D eigenvalue weighted by Crippen LogP contribution is 2.11. The van der Waals surface area contributed by atoms with E-state index in [1.54, 1.807) is 0 Å². The van der Waals surface area contributed by atoms with Crippen molar-refractivity contribution in [1.29, 1.82) is 0 Å². The molecule has 0 aliphatic carbocycles. The Labute approximate surface area is 91.5 Å². The minimum absolute atomic E-state index is 1.13. The lowest BCUT2D eigenvalue weighted by molar-refractivity contribution is 0.725. The zero-order valence-electron chi connectivity index (χ0n) is 9.59. The molecular weight excluding hydrogens is 182 g/mol. The van der Waals surface area contributed by atoms with Crippen LogP contribution in [-0.2, 0) is 0 Å². The van der Waals surface area contributed by atoms with E-state index in [0.717, 1.165) is 6.42 Å². The molecule has 1 aliphatic rings. The molecule has 0 N–H and O–H groups in total. The Hall–Kier alpha value is -1.24. The van der Waals surface area contributed by atoms with Gasteiger partial charge < -0.3 is 0 Å². The summed E-state index contributed by atoms with van der Waals surface area (Å²) in [5, 5.41) is 7.34. The Balaban J connectivity index is 2.28. The quantitative estimate of drug-likeness (QED) is 0.661. The third-order valence-electron chi connectivity index (χ3n) is 2.95. The molecule has 1 heterocycles. The highest BCUT2D eigenvalue weighted by atomic mass is 14.9. The van der Waals surface area contributed by atoms with Gasteiger partial charge in [-0.05, 0) is 19.8 Å². The van der Waals surface area contributed by atoms with E-state index in [1.165, 1.54) is 41.1 Å². The van der Waals surface area contributed by atoms with Crippen molar-refractivity contribution in [2.75, 3.05) is 0 Å². The van der Waals surface area contributed by atoms with Gasteiger partial charge in [0.25, 0.3) is 0 Å². The summed E-state index contributed by atoms with van der Waals surface area (Å²) in [6.07, 6.45) is 4.97. The van der Waals surface area contributed by atoms with E-state index in [1.807, 2.05) is 0 Å². The summed E-state index contributed by atoms with van der Waals surface area (Å²) in [5.41, 5.74) is 2.47. The van der Waals surface area contributed by atoms with E-state index in [-0.39, 0.29) is 0 Å². The van der Waals surface area contributed by atoms with Crippen LogP contribution in [0.1, 0.15) is 39.5 Å². The molecule has 1 heteroatoms. The predicted molar refractivity (Wildman–Crippen MR) is 64.5 cm³/mol. The van der Waals surface area contributed by atoms with E-state index in [9.17, 15) is 0 Å². The molecule has 0 aromatic heterocycles. The Morgan fingerprint density at radius 1 is 1.07 bits per heavy atom. The topological polar surface area (TPSA) is 14.1 Å². The lowest BCUT2D eigenvalue weighted by Gasteiger charge is -2.02. The van der Waals surface area contributed by atoms with Crippen LogP contribution >= 0.6 is 0 Å². The van der Waals surface area contributed by atoms with Crippen molar-refractivity contribution in [1.82, 2.24) is 5.32 Å². The highest BCUT2D eigenvalue weighted by Gasteiger charge is 2.09. The fourth-order valence-corrected chi connectivity index (χ4v) is 2.11. The van der Waals surface area contributed by atoms with Crippen molar-refractivity contribution in [2.45, 2.75) is 39.5 Å². The van der Waals surface area contributed by atoms with Crippen LogP contribution in [0.3, 0.4) is 0 Å². The summed E-state index contributed by atoms with van der Waals surface area (Å²) in [4.78, 5) is 0. The van der Waals surface area contributed by atoms with Crippen molar-refractivity contribution in [3.63, 3.8) is 0 Å². The van der Waals surface area contributed by atoms with Crippen molar-refractivity contribution < 1.29 is 0 Å². The van der Waals surface area contributed by atoms with Crippen LogP contribution in [0.4, 0.5) is 0 Å². The van der Waals surface area contributed by atoms with Gasteiger partial charge in [0.15, 0.2) is 0 Å². The smallest absolute Gasteiger partial charge is 0.0485 e. The van der Waals surface area contributed by atoms with Crippen LogP contribution in [0.2, 0.25) is 0 Å². The number of unbranched alkanes of at least 4 members (excludes halogenated alkanes) is 2. The summed E-state index contributed by atoms with van der Waals surface area (Å²) in [6.45, 7) is 4.34. The van der Waals surface area contributed by atoms with Crippen molar-refractivity contribution >= 4 is 11.4 Å². The van der Waals surface area contributed by atoms with E-state index in [4.69, 9.17) is 0 Å². The molecule has 0 spiro atoms. The second-order valence-corrected chi connectivity index (χ2v) is 4.15. The maximum Gasteiger partial charge on any atom is 0.0485 e. The molecule has 0 fully saturated rings. The first-order valence-electron chi connectivity index (χ1n) is 5.84. The van der Waals surface area contributed by atoms with Gasteiger partial charge in [0, 0.05) is 21.8 Å². The summed E-state index contributed by atoms with van der Waals surface area (Å²) in [6, 6.07) is 8.55. The number of fused-ring (bicyclic) bond motifs is 1. The van der Waals surface area contributed by atoms with E-state index >= 15 is 0 Å². The molecular formula is C14H18N. The molecule has 0 saturated heterocycles.